The van der Waals surface area contributed by atoms with Gasteiger partial charge >= 0.3 is 0 Å². The molecule has 144 valence electrons. The van der Waals surface area contributed by atoms with Crippen LogP contribution in [0.15, 0.2) is 64.0 Å². The average molecular weight is 452 g/mol. The third-order valence-corrected chi connectivity index (χ3v) is 6.98. The van der Waals surface area contributed by atoms with Crippen LogP contribution in [0.2, 0.25) is 0 Å². The van der Waals surface area contributed by atoms with E-state index in [1.807, 2.05) is 18.2 Å². The van der Waals surface area contributed by atoms with Crippen molar-refractivity contribution in [3.8, 4) is 0 Å². The number of benzene rings is 2. The van der Waals surface area contributed by atoms with E-state index < -0.39 is 10.0 Å². The molecule has 0 spiro atoms. The molecule has 0 N–H and O–H groups in total. The van der Waals surface area contributed by atoms with Crippen molar-refractivity contribution in [2.45, 2.75) is 4.90 Å². The molecular formula is C19H22BrN3O3S. The summed E-state index contributed by atoms with van der Waals surface area (Å²) >= 11 is 3.29. The Labute approximate surface area is 168 Å². The number of sulfonamides is 1. The van der Waals surface area contributed by atoms with Gasteiger partial charge in [-0.15, -0.1) is 0 Å². The van der Waals surface area contributed by atoms with Crippen LogP contribution in [0.5, 0.6) is 0 Å². The molecule has 1 heterocycles. The lowest BCUT2D eigenvalue weighted by Crippen LogP contribution is -2.51. The Kier molecular flexibility index (Phi) is 6.18. The van der Waals surface area contributed by atoms with Crippen LogP contribution < -0.4 is 4.90 Å². The monoisotopic (exact) mass is 451 g/mol. The molecule has 1 saturated heterocycles. The number of anilines is 1. The number of carbonyl (C=O) groups excluding carboxylic acids is 1. The van der Waals surface area contributed by atoms with Gasteiger partial charge in [-0.25, -0.2) is 8.42 Å². The number of hydrogen-bond donors (Lipinski definition) is 0. The number of rotatable bonds is 5. The molecule has 27 heavy (non-hydrogen) atoms. The maximum absolute atomic E-state index is 12.6. The Hall–Kier alpha value is -1.90. The number of para-hydroxylation sites is 1. The molecule has 1 aliphatic heterocycles. The molecule has 0 aromatic heterocycles. The topological polar surface area (TPSA) is 60.9 Å². The third-order valence-electron chi connectivity index (χ3n) is 4.63. The fourth-order valence-electron chi connectivity index (χ4n) is 3.01. The normalized spacial score (nSPS) is 15.2. The van der Waals surface area contributed by atoms with Gasteiger partial charge in [0, 0.05) is 43.4 Å². The zero-order valence-corrected chi connectivity index (χ0v) is 17.5. The molecule has 8 heteroatoms. The van der Waals surface area contributed by atoms with E-state index in [-0.39, 0.29) is 17.3 Å². The number of nitrogens with zero attached hydrogens (tertiary/aromatic N) is 3. The molecule has 0 atom stereocenters. The van der Waals surface area contributed by atoms with Crippen LogP contribution in [0, 0.1) is 0 Å². The molecule has 6 nitrogen and oxygen atoms in total. The van der Waals surface area contributed by atoms with Crippen LogP contribution in [0.4, 0.5) is 5.69 Å². The first-order valence-corrected chi connectivity index (χ1v) is 10.9. The predicted molar refractivity (Wildman–Crippen MR) is 109 cm³/mol. The Balaban J connectivity index is 1.58. The second-order valence-corrected chi connectivity index (χ2v) is 9.38. The van der Waals surface area contributed by atoms with Gasteiger partial charge in [-0.3, -0.25) is 4.79 Å². The fourth-order valence-corrected chi connectivity index (χ4v) is 4.40. The highest BCUT2D eigenvalue weighted by Crippen LogP contribution is 2.19. The van der Waals surface area contributed by atoms with Crippen molar-refractivity contribution in [1.82, 2.24) is 9.21 Å². The van der Waals surface area contributed by atoms with E-state index in [4.69, 9.17) is 0 Å². The number of likely N-dealkylation sites (N-methyl/N-ethyl adjacent to an activating group) is 1. The summed E-state index contributed by atoms with van der Waals surface area (Å²) in [5, 5.41) is 0. The largest absolute Gasteiger partial charge is 0.368 e. The van der Waals surface area contributed by atoms with Crippen LogP contribution >= 0.6 is 15.9 Å². The summed E-state index contributed by atoms with van der Waals surface area (Å²) in [5.74, 6) is -0.175. The van der Waals surface area contributed by atoms with Crippen LogP contribution in [0.3, 0.4) is 0 Å². The van der Waals surface area contributed by atoms with Gasteiger partial charge in [-0.2, -0.15) is 4.31 Å². The van der Waals surface area contributed by atoms with Crippen LogP contribution in [-0.2, 0) is 14.8 Å². The average Bonchev–Trinajstić information content (AvgIpc) is 2.69. The van der Waals surface area contributed by atoms with Gasteiger partial charge in [0.25, 0.3) is 0 Å². The third kappa shape index (κ3) is 4.69. The van der Waals surface area contributed by atoms with Gasteiger partial charge in [-0.1, -0.05) is 34.1 Å². The predicted octanol–water partition coefficient (Wildman–Crippen LogP) is 2.42. The maximum Gasteiger partial charge on any atom is 0.243 e. The van der Waals surface area contributed by atoms with Crippen molar-refractivity contribution >= 4 is 37.5 Å². The first-order valence-electron chi connectivity index (χ1n) is 8.67. The van der Waals surface area contributed by atoms with Gasteiger partial charge < -0.3 is 9.80 Å². The number of amides is 1. The van der Waals surface area contributed by atoms with Gasteiger partial charge in [0.2, 0.25) is 15.9 Å². The Morgan fingerprint density at radius 2 is 1.59 bits per heavy atom. The molecule has 0 unspecified atom stereocenters. The van der Waals surface area contributed by atoms with E-state index in [0.29, 0.717) is 13.1 Å². The highest BCUT2D eigenvalue weighted by Gasteiger charge is 2.27. The zero-order valence-electron chi connectivity index (χ0n) is 15.1. The van der Waals surface area contributed by atoms with Crippen molar-refractivity contribution in [3.05, 3.63) is 59.1 Å². The maximum atomic E-state index is 12.6. The molecule has 2 aromatic carbocycles. The number of hydrogen-bond acceptors (Lipinski definition) is 4. The molecular weight excluding hydrogens is 430 g/mol. The molecule has 0 saturated carbocycles. The summed E-state index contributed by atoms with van der Waals surface area (Å²) in [6, 6.07) is 16.5. The van der Waals surface area contributed by atoms with E-state index in [1.165, 1.54) is 19.2 Å². The highest BCUT2D eigenvalue weighted by atomic mass is 79.9. The van der Waals surface area contributed by atoms with E-state index in [2.05, 4.69) is 33.0 Å². The molecule has 2 aromatic rings. The van der Waals surface area contributed by atoms with Crippen molar-refractivity contribution in [2.24, 2.45) is 0 Å². The van der Waals surface area contributed by atoms with Gasteiger partial charge in [-0.05, 0) is 36.4 Å². The summed E-state index contributed by atoms with van der Waals surface area (Å²) in [4.78, 5) is 16.7. The molecule has 0 aliphatic carbocycles. The molecule has 0 bridgehead atoms. The number of carbonyl (C=O) groups is 1. The molecule has 1 aliphatic rings. The molecule has 1 amide bonds. The highest BCUT2D eigenvalue weighted by molar-refractivity contribution is 9.10. The Morgan fingerprint density at radius 3 is 2.19 bits per heavy atom. The minimum Gasteiger partial charge on any atom is -0.368 e. The minimum atomic E-state index is -3.69. The quantitative estimate of drug-likeness (QED) is 0.700. The van der Waals surface area contributed by atoms with E-state index in [1.54, 1.807) is 17.0 Å². The van der Waals surface area contributed by atoms with Crippen molar-refractivity contribution in [3.63, 3.8) is 0 Å². The Bertz CT molecular complexity index is 880. The summed E-state index contributed by atoms with van der Waals surface area (Å²) in [6.45, 7) is 2.47. The van der Waals surface area contributed by atoms with Crippen molar-refractivity contribution in [2.75, 3.05) is 44.7 Å². The summed E-state index contributed by atoms with van der Waals surface area (Å²) < 4.78 is 27.2. The zero-order chi connectivity index (χ0) is 19.4. The SMILES string of the molecule is CN(CC(=O)N1CCN(c2ccccc2)CC1)S(=O)(=O)c1ccc(Br)cc1. The van der Waals surface area contributed by atoms with Gasteiger partial charge in [0.05, 0.1) is 11.4 Å². The van der Waals surface area contributed by atoms with Crippen molar-refractivity contribution in [1.29, 1.82) is 0 Å². The van der Waals surface area contributed by atoms with E-state index in [0.717, 1.165) is 27.6 Å². The second kappa shape index (κ2) is 8.41. The second-order valence-electron chi connectivity index (χ2n) is 6.42. The Morgan fingerprint density at radius 1 is 1.00 bits per heavy atom. The lowest BCUT2D eigenvalue weighted by atomic mass is 10.2. The lowest BCUT2D eigenvalue weighted by molar-refractivity contribution is -0.131. The first kappa shape index (κ1) is 19.9. The van der Waals surface area contributed by atoms with Crippen molar-refractivity contribution < 1.29 is 13.2 Å². The molecule has 3 rings (SSSR count). The number of halogens is 1. The molecule has 1 fully saturated rings. The summed E-state index contributed by atoms with van der Waals surface area (Å²) in [7, 11) is -2.25. The minimum absolute atomic E-state index is 0.163. The first-order chi connectivity index (χ1) is 12.9. The van der Waals surface area contributed by atoms with E-state index in [9.17, 15) is 13.2 Å². The summed E-state index contributed by atoms with van der Waals surface area (Å²) in [5.41, 5.74) is 1.14. The van der Waals surface area contributed by atoms with Gasteiger partial charge in [0.15, 0.2) is 0 Å². The standard InChI is InChI=1S/C19H22BrN3O3S/c1-21(27(25,26)18-9-7-16(20)8-10-18)15-19(24)23-13-11-22(12-14-23)17-5-3-2-4-6-17/h2-10H,11-15H2,1H3. The fraction of sp³-hybridized carbons (Fsp3) is 0.316. The van der Waals surface area contributed by atoms with Gasteiger partial charge in [0.1, 0.15) is 0 Å². The summed E-state index contributed by atoms with van der Waals surface area (Å²) in [6.07, 6.45) is 0. The van der Waals surface area contributed by atoms with Crippen LogP contribution in [0.1, 0.15) is 0 Å². The number of piperazine rings is 1. The molecule has 0 radical (unpaired) electrons. The van der Waals surface area contributed by atoms with E-state index >= 15 is 0 Å². The van der Waals surface area contributed by atoms with Crippen LogP contribution in [0.25, 0.3) is 0 Å². The van der Waals surface area contributed by atoms with Crippen LogP contribution in [-0.4, -0.2) is 63.3 Å². The lowest BCUT2D eigenvalue weighted by Gasteiger charge is -2.36. The smallest absolute Gasteiger partial charge is 0.243 e.